The number of Topliss-reactive ketones (excluding diaryl/α,β-unsaturated/α-hetero) is 1. The SMILES string of the molecule is CCCCC[C@@H]1C(=O)C[C@@H](c2ccccc2)N(C)[C@H]1c1ccccc1. The minimum absolute atomic E-state index is 0.110. The highest BCUT2D eigenvalue weighted by Gasteiger charge is 2.41. The Morgan fingerprint density at radius 1 is 0.920 bits per heavy atom. The van der Waals surface area contributed by atoms with E-state index in [-0.39, 0.29) is 18.0 Å². The number of ketones is 1. The maximum atomic E-state index is 13.1. The van der Waals surface area contributed by atoms with Crippen molar-refractivity contribution >= 4 is 5.78 Å². The fourth-order valence-electron chi connectivity index (χ4n) is 4.22. The lowest BCUT2D eigenvalue weighted by Gasteiger charge is -2.44. The van der Waals surface area contributed by atoms with Gasteiger partial charge in [-0.1, -0.05) is 86.8 Å². The fourth-order valence-corrected chi connectivity index (χ4v) is 4.22. The predicted molar refractivity (Wildman–Crippen MR) is 103 cm³/mol. The molecule has 3 atom stereocenters. The molecule has 0 bridgehead atoms. The van der Waals surface area contributed by atoms with Gasteiger partial charge in [0.1, 0.15) is 5.78 Å². The Morgan fingerprint density at radius 3 is 2.12 bits per heavy atom. The van der Waals surface area contributed by atoms with Gasteiger partial charge in [0, 0.05) is 24.4 Å². The van der Waals surface area contributed by atoms with Crippen molar-refractivity contribution in [3.63, 3.8) is 0 Å². The lowest BCUT2D eigenvalue weighted by Crippen LogP contribution is -2.43. The molecule has 0 amide bonds. The normalized spacial score (nSPS) is 24.4. The summed E-state index contributed by atoms with van der Waals surface area (Å²) in [6, 6.07) is 21.4. The number of likely N-dealkylation sites (tertiary alicyclic amines) is 1. The molecule has 1 aliphatic heterocycles. The number of benzene rings is 2. The van der Waals surface area contributed by atoms with Gasteiger partial charge in [-0.25, -0.2) is 0 Å². The molecule has 1 saturated heterocycles. The van der Waals surface area contributed by atoms with Gasteiger partial charge in [-0.05, 0) is 24.6 Å². The van der Waals surface area contributed by atoms with Gasteiger partial charge in [-0.2, -0.15) is 0 Å². The molecule has 0 saturated carbocycles. The molecule has 3 rings (SSSR count). The largest absolute Gasteiger partial charge is 0.299 e. The van der Waals surface area contributed by atoms with E-state index in [2.05, 4.69) is 73.5 Å². The van der Waals surface area contributed by atoms with Crippen LogP contribution in [0.5, 0.6) is 0 Å². The molecular weight excluding hydrogens is 306 g/mol. The third kappa shape index (κ3) is 4.01. The smallest absolute Gasteiger partial charge is 0.139 e. The molecule has 2 aromatic carbocycles. The van der Waals surface area contributed by atoms with Crippen LogP contribution in [0.25, 0.3) is 0 Å². The van der Waals surface area contributed by atoms with Gasteiger partial charge < -0.3 is 0 Å². The second-order valence-corrected chi connectivity index (χ2v) is 7.22. The average Bonchev–Trinajstić information content (AvgIpc) is 2.66. The maximum Gasteiger partial charge on any atom is 0.139 e. The molecule has 132 valence electrons. The van der Waals surface area contributed by atoms with Crippen LogP contribution in [-0.4, -0.2) is 17.7 Å². The first-order valence-electron chi connectivity index (χ1n) is 9.57. The summed E-state index contributed by atoms with van der Waals surface area (Å²) < 4.78 is 0. The summed E-state index contributed by atoms with van der Waals surface area (Å²) in [5.41, 5.74) is 2.51. The van der Waals surface area contributed by atoms with Crippen molar-refractivity contribution in [2.45, 2.75) is 51.1 Å². The molecule has 2 aromatic rings. The maximum absolute atomic E-state index is 13.1. The van der Waals surface area contributed by atoms with Crippen molar-refractivity contribution in [1.29, 1.82) is 0 Å². The number of carbonyl (C=O) groups is 1. The zero-order valence-corrected chi connectivity index (χ0v) is 15.4. The predicted octanol–water partition coefficient (Wildman–Crippen LogP) is 5.57. The monoisotopic (exact) mass is 335 g/mol. The highest BCUT2D eigenvalue weighted by Crippen LogP contribution is 2.43. The lowest BCUT2D eigenvalue weighted by atomic mass is 9.77. The number of nitrogens with zero attached hydrogens (tertiary/aromatic N) is 1. The minimum Gasteiger partial charge on any atom is -0.299 e. The van der Waals surface area contributed by atoms with Gasteiger partial charge in [0.05, 0.1) is 0 Å². The Kier molecular flexibility index (Phi) is 6.04. The van der Waals surface area contributed by atoms with E-state index in [1.807, 2.05) is 6.07 Å². The standard InChI is InChI=1S/C23H29NO/c1-3-4-7-16-20-22(25)17-21(18-12-8-5-9-13-18)24(2)23(20)19-14-10-6-11-15-19/h5-6,8-15,20-21,23H,3-4,7,16-17H2,1-2H3/t20-,21+,23+/m1/s1. The second kappa shape index (κ2) is 8.44. The zero-order valence-electron chi connectivity index (χ0n) is 15.4. The third-order valence-corrected chi connectivity index (χ3v) is 5.56. The van der Waals surface area contributed by atoms with E-state index in [0.717, 1.165) is 12.8 Å². The number of unbranched alkanes of at least 4 members (excludes halogenated alkanes) is 2. The molecule has 2 heteroatoms. The van der Waals surface area contributed by atoms with Gasteiger partial charge in [-0.3, -0.25) is 9.69 Å². The first-order chi connectivity index (χ1) is 12.2. The van der Waals surface area contributed by atoms with Crippen LogP contribution in [0.4, 0.5) is 0 Å². The van der Waals surface area contributed by atoms with E-state index in [1.165, 1.54) is 24.0 Å². The van der Waals surface area contributed by atoms with E-state index < -0.39 is 0 Å². The van der Waals surface area contributed by atoms with Gasteiger partial charge >= 0.3 is 0 Å². The summed E-state index contributed by atoms with van der Waals surface area (Å²) >= 11 is 0. The van der Waals surface area contributed by atoms with Gasteiger partial charge in [0.25, 0.3) is 0 Å². The van der Waals surface area contributed by atoms with Crippen LogP contribution in [0, 0.1) is 5.92 Å². The summed E-state index contributed by atoms with van der Waals surface area (Å²) in [6.07, 6.45) is 5.16. The van der Waals surface area contributed by atoms with Crippen LogP contribution >= 0.6 is 0 Å². The van der Waals surface area contributed by atoms with Crippen molar-refractivity contribution in [2.24, 2.45) is 5.92 Å². The van der Waals surface area contributed by atoms with Crippen LogP contribution < -0.4 is 0 Å². The number of hydrogen-bond acceptors (Lipinski definition) is 2. The van der Waals surface area contributed by atoms with Crippen LogP contribution in [0.1, 0.15) is 62.2 Å². The van der Waals surface area contributed by atoms with Crippen molar-refractivity contribution in [3.05, 3.63) is 71.8 Å². The van der Waals surface area contributed by atoms with Crippen molar-refractivity contribution in [3.8, 4) is 0 Å². The molecule has 0 N–H and O–H groups in total. The number of piperidine rings is 1. The molecule has 0 aromatic heterocycles. The number of rotatable bonds is 6. The highest BCUT2D eigenvalue weighted by molar-refractivity contribution is 5.83. The molecule has 0 aliphatic carbocycles. The van der Waals surface area contributed by atoms with Crippen molar-refractivity contribution in [2.75, 3.05) is 7.05 Å². The summed E-state index contributed by atoms with van der Waals surface area (Å²) in [5, 5.41) is 0. The second-order valence-electron chi connectivity index (χ2n) is 7.22. The van der Waals surface area contributed by atoms with Crippen LogP contribution in [0.3, 0.4) is 0 Å². The summed E-state index contributed by atoms with van der Waals surface area (Å²) in [6.45, 7) is 2.22. The van der Waals surface area contributed by atoms with Crippen LogP contribution in [0.15, 0.2) is 60.7 Å². The van der Waals surface area contributed by atoms with E-state index in [9.17, 15) is 4.79 Å². The lowest BCUT2D eigenvalue weighted by molar-refractivity contribution is -0.132. The molecule has 0 unspecified atom stereocenters. The average molecular weight is 335 g/mol. The summed E-state index contributed by atoms with van der Waals surface area (Å²) in [5.74, 6) is 0.538. The first-order valence-corrected chi connectivity index (χ1v) is 9.57. The first kappa shape index (κ1) is 17.9. The molecule has 1 fully saturated rings. The number of carbonyl (C=O) groups excluding carboxylic acids is 1. The molecule has 0 spiro atoms. The van der Waals surface area contributed by atoms with Gasteiger partial charge in [-0.15, -0.1) is 0 Å². The van der Waals surface area contributed by atoms with E-state index in [1.54, 1.807) is 0 Å². The Balaban J connectivity index is 1.91. The van der Waals surface area contributed by atoms with Gasteiger partial charge in [0.15, 0.2) is 0 Å². The van der Waals surface area contributed by atoms with Gasteiger partial charge in [0.2, 0.25) is 0 Å². The third-order valence-electron chi connectivity index (χ3n) is 5.56. The highest BCUT2D eigenvalue weighted by atomic mass is 16.1. The molecule has 2 nitrogen and oxygen atoms in total. The van der Waals surface area contributed by atoms with Crippen LogP contribution in [-0.2, 0) is 4.79 Å². The Morgan fingerprint density at radius 2 is 1.52 bits per heavy atom. The topological polar surface area (TPSA) is 20.3 Å². The zero-order chi connectivity index (χ0) is 17.6. The van der Waals surface area contributed by atoms with Crippen molar-refractivity contribution in [1.82, 2.24) is 4.90 Å². The Hall–Kier alpha value is -1.93. The molecule has 0 radical (unpaired) electrons. The molecule has 1 aliphatic rings. The van der Waals surface area contributed by atoms with Crippen LogP contribution in [0.2, 0.25) is 0 Å². The number of hydrogen-bond donors (Lipinski definition) is 0. The van der Waals surface area contributed by atoms with E-state index >= 15 is 0 Å². The van der Waals surface area contributed by atoms with Crippen molar-refractivity contribution < 1.29 is 4.79 Å². The fraction of sp³-hybridized carbons (Fsp3) is 0.435. The molecule has 25 heavy (non-hydrogen) atoms. The summed E-state index contributed by atoms with van der Waals surface area (Å²) in [4.78, 5) is 15.5. The summed E-state index contributed by atoms with van der Waals surface area (Å²) in [7, 11) is 2.19. The minimum atomic E-state index is 0.110. The van der Waals surface area contributed by atoms with E-state index in [4.69, 9.17) is 0 Å². The Bertz CT molecular complexity index is 667. The molecule has 1 heterocycles. The quantitative estimate of drug-likeness (QED) is 0.643. The Labute approximate surface area is 151 Å². The molecular formula is C23H29NO. The van der Waals surface area contributed by atoms with E-state index in [0.29, 0.717) is 12.2 Å².